The van der Waals surface area contributed by atoms with E-state index in [-0.39, 0.29) is 0 Å². The zero-order valence-corrected chi connectivity index (χ0v) is 7.97. The molecule has 1 N–H and O–H groups in total. The molecule has 1 unspecified atom stereocenters. The van der Waals surface area contributed by atoms with E-state index in [1.54, 1.807) is 19.0 Å². The first kappa shape index (κ1) is 10.2. The van der Waals surface area contributed by atoms with Gasteiger partial charge in [0.2, 0.25) is 6.41 Å². The molecule has 3 heteroatoms. The molecule has 72 valence electrons. The molecule has 3 nitrogen and oxygen atoms in total. The molecule has 0 aromatic heterocycles. The van der Waals surface area contributed by atoms with Crippen LogP contribution >= 0.6 is 0 Å². The molecule has 0 saturated heterocycles. The van der Waals surface area contributed by atoms with Crippen molar-refractivity contribution in [2.75, 3.05) is 14.1 Å². The molecule has 1 rings (SSSR count). The standard InChI is InChI=1S/C10H15NO2/c1-11(2)10(12)13-8-9-6-4-3-5-7-9/h3-7,10,12H,8H2,1-2H3. The summed E-state index contributed by atoms with van der Waals surface area (Å²) in [6.45, 7) is 0.431. The van der Waals surface area contributed by atoms with Gasteiger partial charge in [0.15, 0.2) is 0 Å². The summed E-state index contributed by atoms with van der Waals surface area (Å²) in [7, 11) is 3.52. The van der Waals surface area contributed by atoms with E-state index in [1.807, 2.05) is 30.3 Å². The summed E-state index contributed by atoms with van der Waals surface area (Å²) in [5, 5.41) is 9.29. The number of rotatable bonds is 4. The molecule has 1 atom stereocenters. The lowest BCUT2D eigenvalue weighted by Gasteiger charge is -2.18. The first-order chi connectivity index (χ1) is 6.20. The Hall–Kier alpha value is -0.900. The predicted octanol–water partition coefficient (Wildman–Crippen LogP) is 1.04. The van der Waals surface area contributed by atoms with E-state index in [0.717, 1.165) is 5.56 Å². The van der Waals surface area contributed by atoms with Crippen LogP contribution < -0.4 is 0 Å². The van der Waals surface area contributed by atoms with E-state index in [9.17, 15) is 5.11 Å². The number of aliphatic hydroxyl groups excluding tert-OH is 1. The highest BCUT2D eigenvalue weighted by Gasteiger charge is 2.05. The highest BCUT2D eigenvalue weighted by atomic mass is 16.6. The third-order valence-corrected chi connectivity index (χ3v) is 1.68. The maximum absolute atomic E-state index is 9.29. The molecule has 0 aliphatic carbocycles. The molecule has 1 aromatic rings. The van der Waals surface area contributed by atoms with Gasteiger partial charge in [-0.25, -0.2) is 0 Å². The predicted molar refractivity (Wildman–Crippen MR) is 50.9 cm³/mol. The summed E-state index contributed by atoms with van der Waals surface area (Å²) in [5.41, 5.74) is 1.06. The molecule has 0 bridgehead atoms. The Kier molecular flexibility index (Phi) is 3.89. The molecule has 13 heavy (non-hydrogen) atoms. The zero-order valence-electron chi connectivity index (χ0n) is 7.97. The third-order valence-electron chi connectivity index (χ3n) is 1.68. The Morgan fingerprint density at radius 1 is 1.31 bits per heavy atom. The van der Waals surface area contributed by atoms with Crippen LogP contribution in [-0.4, -0.2) is 30.5 Å². The number of ether oxygens (including phenoxy) is 1. The Balaban J connectivity index is 2.35. The second kappa shape index (κ2) is 4.97. The van der Waals surface area contributed by atoms with Gasteiger partial charge < -0.3 is 9.84 Å². The summed E-state index contributed by atoms with van der Waals surface area (Å²) < 4.78 is 5.17. The molecule has 0 spiro atoms. The van der Waals surface area contributed by atoms with E-state index in [1.165, 1.54) is 0 Å². The van der Waals surface area contributed by atoms with E-state index < -0.39 is 6.41 Å². The molecule has 0 fully saturated rings. The summed E-state index contributed by atoms with van der Waals surface area (Å²) in [4.78, 5) is 1.60. The molecular weight excluding hydrogens is 166 g/mol. The third kappa shape index (κ3) is 3.55. The highest BCUT2D eigenvalue weighted by Crippen LogP contribution is 2.02. The van der Waals surface area contributed by atoms with Gasteiger partial charge in [-0.15, -0.1) is 0 Å². The average Bonchev–Trinajstić information content (AvgIpc) is 2.15. The van der Waals surface area contributed by atoms with Gasteiger partial charge in [0.05, 0.1) is 6.61 Å². The van der Waals surface area contributed by atoms with Crippen molar-refractivity contribution in [3.63, 3.8) is 0 Å². The Morgan fingerprint density at radius 2 is 1.92 bits per heavy atom. The van der Waals surface area contributed by atoms with Crippen LogP contribution in [0.5, 0.6) is 0 Å². The van der Waals surface area contributed by atoms with E-state index in [4.69, 9.17) is 4.74 Å². The van der Waals surface area contributed by atoms with Crippen LogP contribution in [0.3, 0.4) is 0 Å². The van der Waals surface area contributed by atoms with Crippen LogP contribution in [0.2, 0.25) is 0 Å². The van der Waals surface area contributed by atoms with E-state index in [2.05, 4.69) is 0 Å². The van der Waals surface area contributed by atoms with Gasteiger partial charge in [0.25, 0.3) is 0 Å². The lowest BCUT2D eigenvalue weighted by atomic mass is 10.2. The number of hydrogen-bond donors (Lipinski definition) is 1. The van der Waals surface area contributed by atoms with Crippen molar-refractivity contribution in [3.8, 4) is 0 Å². The van der Waals surface area contributed by atoms with Gasteiger partial charge in [-0.3, -0.25) is 4.90 Å². The molecule has 0 aliphatic heterocycles. The second-order valence-electron chi connectivity index (χ2n) is 3.09. The maximum Gasteiger partial charge on any atom is 0.215 e. The monoisotopic (exact) mass is 181 g/mol. The number of nitrogens with zero attached hydrogens (tertiary/aromatic N) is 1. The summed E-state index contributed by atoms with van der Waals surface area (Å²) in [5.74, 6) is 0. The van der Waals surface area contributed by atoms with Crippen molar-refractivity contribution < 1.29 is 9.84 Å². The summed E-state index contributed by atoms with van der Waals surface area (Å²) >= 11 is 0. The molecule has 0 heterocycles. The van der Waals surface area contributed by atoms with Crippen LogP contribution in [0, 0.1) is 0 Å². The number of hydrogen-bond acceptors (Lipinski definition) is 3. The SMILES string of the molecule is CN(C)C(O)OCc1ccccc1. The maximum atomic E-state index is 9.29. The van der Waals surface area contributed by atoms with Crippen molar-refractivity contribution in [3.05, 3.63) is 35.9 Å². The largest absolute Gasteiger partial charge is 0.356 e. The smallest absolute Gasteiger partial charge is 0.215 e. The van der Waals surface area contributed by atoms with E-state index in [0.29, 0.717) is 6.61 Å². The minimum Gasteiger partial charge on any atom is -0.356 e. The van der Waals surface area contributed by atoms with Gasteiger partial charge >= 0.3 is 0 Å². The van der Waals surface area contributed by atoms with Crippen molar-refractivity contribution in [1.29, 1.82) is 0 Å². The summed E-state index contributed by atoms with van der Waals surface area (Å²) in [6, 6.07) is 9.76. The Bertz CT molecular complexity index is 236. The quantitative estimate of drug-likeness (QED) is 0.704. The molecule has 1 aromatic carbocycles. The van der Waals surface area contributed by atoms with Gasteiger partial charge in [-0.05, 0) is 19.7 Å². The lowest BCUT2D eigenvalue weighted by molar-refractivity contribution is -0.184. The van der Waals surface area contributed by atoms with Crippen LogP contribution in [0.25, 0.3) is 0 Å². The fourth-order valence-corrected chi connectivity index (χ4v) is 0.894. The first-order valence-corrected chi connectivity index (χ1v) is 4.20. The van der Waals surface area contributed by atoms with Crippen LogP contribution in [0.15, 0.2) is 30.3 Å². The molecular formula is C10H15NO2. The number of benzene rings is 1. The van der Waals surface area contributed by atoms with Crippen LogP contribution in [-0.2, 0) is 11.3 Å². The Morgan fingerprint density at radius 3 is 2.46 bits per heavy atom. The van der Waals surface area contributed by atoms with Crippen molar-refractivity contribution >= 4 is 0 Å². The number of aliphatic hydroxyl groups is 1. The van der Waals surface area contributed by atoms with Crippen molar-refractivity contribution in [2.24, 2.45) is 0 Å². The Labute approximate surface area is 78.6 Å². The van der Waals surface area contributed by atoms with Crippen LogP contribution in [0.1, 0.15) is 5.56 Å². The molecule has 0 saturated carbocycles. The average molecular weight is 181 g/mol. The fourth-order valence-electron chi connectivity index (χ4n) is 0.894. The normalized spacial score (nSPS) is 13.2. The van der Waals surface area contributed by atoms with Gasteiger partial charge in [0, 0.05) is 0 Å². The van der Waals surface area contributed by atoms with E-state index >= 15 is 0 Å². The van der Waals surface area contributed by atoms with Gasteiger partial charge in [-0.1, -0.05) is 30.3 Å². The molecule has 0 aliphatic rings. The first-order valence-electron chi connectivity index (χ1n) is 4.20. The molecule has 0 amide bonds. The fraction of sp³-hybridized carbons (Fsp3) is 0.400. The van der Waals surface area contributed by atoms with Crippen molar-refractivity contribution in [2.45, 2.75) is 13.0 Å². The minimum atomic E-state index is -0.833. The minimum absolute atomic E-state index is 0.431. The van der Waals surface area contributed by atoms with Gasteiger partial charge in [-0.2, -0.15) is 0 Å². The highest BCUT2D eigenvalue weighted by molar-refractivity contribution is 5.13. The van der Waals surface area contributed by atoms with Gasteiger partial charge in [0.1, 0.15) is 0 Å². The lowest BCUT2D eigenvalue weighted by Crippen LogP contribution is -2.29. The zero-order chi connectivity index (χ0) is 9.68. The topological polar surface area (TPSA) is 32.7 Å². The summed E-state index contributed by atoms with van der Waals surface area (Å²) in [6.07, 6.45) is -0.833. The van der Waals surface area contributed by atoms with Crippen molar-refractivity contribution in [1.82, 2.24) is 4.90 Å². The molecule has 0 radical (unpaired) electrons. The second-order valence-corrected chi connectivity index (χ2v) is 3.09. The van der Waals surface area contributed by atoms with Crippen LogP contribution in [0.4, 0.5) is 0 Å².